The first-order valence-corrected chi connectivity index (χ1v) is 6.18. The molecule has 0 saturated carbocycles. The van der Waals surface area contributed by atoms with E-state index >= 15 is 0 Å². The highest BCUT2D eigenvalue weighted by Gasteiger charge is 2.30. The number of Topliss-reactive ketones (excluding diaryl/α,β-unsaturated/α-hetero) is 1. The molecule has 0 amide bonds. The molecular formula is C14H11N3O4. The van der Waals surface area contributed by atoms with Crippen LogP contribution in [0.1, 0.15) is 21.6 Å². The Balaban J connectivity index is 2.08. The Morgan fingerprint density at radius 1 is 1.43 bits per heavy atom. The van der Waals surface area contributed by atoms with E-state index in [1.54, 1.807) is 19.2 Å². The van der Waals surface area contributed by atoms with Crippen LogP contribution in [0.15, 0.2) is 30.3 Å². The van der Waals surface area contributed by atoms with E-state index in [9.17, 15) is 14.9 Å². The molecule has 1 aromatic carbocycles. The number of rotatable bonds is 2. The van der Waals surface area contributed by atoms with Crippen molar-refractivity contribution in [2.75, 3.05) is 0 Å². The summed E-state index contributed by atoms with van der Waals surface area (Å²) in [6.07, 6.45) is 2.68. The van der Waals surface area contributed by atoms with E-state index in [0.29, 0.717) is 11.3 Å². The van der Waals surface area contributed by atoms with Crippen molar-refractivity contribution in [1.29, 1.82) is 0 Å². The molecule has 0 saturated heterocycles. The number of hydrogen-bond donors (Lipinski definition) is 0. The molecule has 1 aliphatic heterocycles. The van der Waals surface area contributed by atoms with Crippen LogP contribution in [0.2, 0.25) is 0 Å². The lowest BCUT2D eigenvalue weighted by atomic mass is 10.1. The van der Waals surface area contributed by atoms with Crippen LogP contribution in [0.4, 0.5) is 5.82 Å². The molecule has 0 radical (unpaired) electrons. The van der Waals surface area contributed by atoms with Gasteiger partial charge in [0, 0.05) is 13.1 Å². The summed E-state index contributed by atoms with van der Waals surface area (Å²) in [6.45, 7) is 1.83. The van der Waals surface area contributed by atoms with E-state index in [0.717, 1.165) is 5.56 Å². The number of fused-ring (bicyclic) bond motifs is 1. The summed E-state index contributed by atoms with van der Waals surface area (Å²) < 4.78 is 7.03. The fraction of sp³-hybridized carbons (Fsp3) is 0.143. The third-order valence-electron chi connectivity index (χ3n) is 3.30. The number of benzene rings is 1. The van der Waals surface area contributed by atoms with E-state index in [2.05, 4.69) is 4.98 Å². The number of hydrogen-bond acceptors (Lipinski definition) is 5. The van der Waals surface area contributed by atoms with Gasteiger partial charge in [0.2, 0.25) is 12.1 Å². The summed E-state index contributed by atoms with van der Waals surface area (Å²) in [5.41, 5.74) is 1.52. The first-order chi connectivity index (χ1) is 9.99. The monoisotopic (exact) mass is 285 g/mol. The Bertz CT molecular complexity index is 805. The number of para-hydroxylation sites is 1. The second kappa shape index (κ2) is 4.55. The summed E-state index contributed by atoms with van der Waals surface area (Å²) in [7, 11) is 1.62. The van der Waals surface area contributed by atoms with E-state index in [-0.39, 0.29) is 23.1 Å². The van der Waals surface area contributed by atoms with Gasteiger partial charge in [0.15, 0.2) is 5.76 Å². The average Bonchev–Trinajstić information content (AvgIpc) is 2.95. The third kappa shape index (κ3) is 1.99. The van der Waals surface area contributed by atoms with Gasteiger partial charge in [-0.15, -0.1) is 0 Å². The molecule has 106 valence electrons. The van der Waals surface area contributed by atoms with Crippen LogP contribution in [-0.4, -0.2) is 20.3 Å². The minimum Gasteiger partial charge on any atom is -0.452 e. The van der Waals surface area contributed by atoms with Crippen LogP contribution in [-0.2, 0) is 7.05 Å². The fourth-order valence-corrected chi connectivity index (χ4v) is 2.21. The van der Waals surface area contributed by atoms with Crippen LogP contribution < -0.4 is 4.74 Å². The number of aryl methyl sites for hydroxylation is 2. The van der Waals surface area contributed by atoms with E-state index < -0.39 is 4.92 Å². The topological polar surface area (TPSA) is 87.3 Å². The van der Waals surface area contributed by atoms with Gasteiger partial charge in [-0.2, -0.15) is 0 Å². The zero-order valence-corrected chi connectivity index (χ0v) is 11.4. The number of aromatic nitrogens is 2. The van der Waals surface area contributed by atoms with Gasteiger partial charge in [-0.05, 0) is 28.5 Å². The molecule has 7 nitrogen and oxygen atoms in total. The van der Waals surface area contributed by atoms with Crippen molar-refractivity contribution in [1.82, 2.24) is 9.55 Å². The van der Waals surface area contributed by atoms with Crippen molar-refractivity contribution in [3.8, 4) is 5.75 Å². The highest BCUT2D eigenvalue weighted by atomic mass is 16.6. The Morgan fingerprint density at radius 2 is 2.19 bits per heavy atom. The number of ether oxygens (including phenoxy) is 1. The molecule has 0 atom stereocenters. The predicted octanol–water partition coefficient (Wildman–Crippen LogP) is 2.25. The van der Waals surface area contributed by atoms with Crippen LogP contribution in [0, 0.1) is 17.0 Å². The number of ketones is 1. The van der Waals surface area contributed by atoms with Gasteiger partial charge in [-0.3, -0.25) is 4.79 Å². The molecule has 0 fully saturated rings. The molecule has 7 heteroatoms. The summed E-state index contributed by atoms with van der Waals surface area (Å²) in [4.78, 5) is 26.3. The summed E-state index contributed by atoms with van der Waals surface area (Å²) in [5, 5.41) is 10.9. The number of nitrogens with zero attached hydrogens (tertiary/aromatic N) is 3. The van der Waals surface area contributed by atoms with Crippen LogP contribution in [0.5, 0.6) is 5.75 Å². The van der Waals surface area contributed by atoms with Gasteiger partial charge < -0.3 is 19.4 Å². The minimum absolute atomic E-state index is 0.0611. The van der Waals surface area contributed by atoms with Crippen molar-refractivity contribution >= 4 is 17.7 Å². The summed E-state index contributed by atoms with van der Waals surface area (Å²) in [5.74, 6) is -0.0390. The van der Waals surface area contributed by atoms with Gasteiger partial charge in [-0.1, -0.05) is 12.1 Å². The van der Waals surface area contributed by atoms with Gasteiger partial charge in [0.25, 0.3) is 0 Å². The molecule has 0 bridgehead atoms. The number of imidazole rings is 1. The largest absolute Gasteiger partial charge is 0.452 e. The molecular weight excluding hydrogens is 274 g/mol. The maximum atomic E-state index is 12.3. The Kier molecular flexibility index (Phi) is 2.83. The number of carbonyl (C=O) groups excluding carboxylic acids is 1. The molecule has 3 rings (SSSR count). The Hall–Kier alpha value is -2.96. The smallest absolute Gasteiger partial charge is 0.389 e. The van der Waals surface area contributed by atoms with Crippen molar-refractivity contribution in [2.45, 2.75) is 6.92 Å². The first kappa shape index (κ1) is 13.0. The average molecular weight is 285 g/mol. The van der Waals surface area contributed by atoms with Gasteiger partial charge in [-0.25, -0.2) is 0 Å². The van der Waals surface area contributed by atoms with E-state index in [1.165, 1.54) is 17.0 Å². The third-order valence-corrected chi connectivity index (χ3v) is 3.30. The maximum Gasteiger partial charge on any atom is 0.389 e. The lowest BCUT2D eigenvalue weighted by Gasteiger charge is -2.01. The summed E-state index contributed by atoms with van der Waals surface area (Å²) >= 11 is 0. The normalized spacial score (nSPS) is 15.1. The Morgan fingerprint density at radius 3 is 2.86 bits per heavy atom. The van der Waals surface area contributed by atoms with Crippen molar-refractivity contribution in [3.63, 3.8) is 0 Å². The lowest BCUT2D eigenvalue weighted by Crippen LogP contribution is -2.01. The van der Waals surface area contributed by atoms with Crippen LogP contribution in [0.3, 0.4) is 0 Å². The Labute approximate surface area is 119 Å². The molecule has 2 heterocycles. The van der Waals surface area contributed by atoms with E-state index in [1.807, 2.05) is 13.0 Å². The highest BCUT2D eigenvalue weighted by Crippen LogP contribution is 2.35. The molecule has 21 heavy (non-hydrogen) atoms. The maximum absolute atomic E-state index is 12.3. The first-order valence-electron chi connectivity index (χ1n) is 6.18. The van der Waals surface area contributed by atoms with Crippen molar-refractivity contribution < 1.29 is 14.5 Å². The predicted molar refractivity (Wildman–Crippen MR) is 74.0 cm³/mol. The standard InChI is InChI=1S/C14H11N3O4/c1-8-4-3-5-9-12(18)11(21-13(8)9)6-10-14(17(19)20)15-7-16(10)2/h3-7H,1-2H3/b11-6-. The minimum atomic E-state index is -0.593. The quantitative estimate of drug-likeness (QED) is 0.480. The van der Waals surface area contributed by atoms with Crippen molar-refractivity contribution in [2.24, 2.45) is 7.05 Å². The molecule has 0 N–H and O–H groups in total. The van der Waals surface area contributed by atoms with Crippen molar-refractivity contribution in [3.05, 3.63) is 57.2 Å². The van der Waals surface area contributed by atoms with Gasteiger partial charge in [0.1, 0.15) is 11.4 Å². The van der Waals surface area contributed by atoms with Crippen LogP contribution in [0.25, 0.3) is 6.08 Å². The second-order valence-electron chi connectivity index (χ2n) is 4.71. The number of allylic oxidation sites excluding steroid dienone is 1. The second-order valence-corrected chi connectivity index (χ2v) is 4.71. The summed E-state index contributed by atoms with van der Waals surface area (Å²) in [6, 6.07) is 5.27. The SMILES string of the molecule is Cc1cccc2c1O/C(=C\c1c([N+](=O)[O-])ncn1C)C2=O. The zero-order chi connectivity index (χ0) is 15.1. The fourth-order valence-electron chi connectivity index (χ4n) is 2.21. The number of carbonyl (C=O) groups is 1. The van der Waals surface area contributed by atoms with Gasteiger partial charge in [0.05, 0.1) is 5.56 Å². The molecule has 0 spiro atoms. The lowest BCUT2D eigenvalue weighted by molar-refractivity contribution is -0.389. The van der Waals surface area contributed by atoms with Gasteiger partial charge >= 0.3 is 5.82 Å². The number of nitro groups is 1. The van der Waals surface area contributed by atoms with E-state index in [4.69, 9.17) is 4.74 Å². The highest BCUT2D eigenvalue weighted by molar-refractivity contribution is 6.14. The molecule has 1 aromatic heterocycles. The molecule has 1 aliphatic rings. The molecule has 0 aliphatic carbocycles. The molecule has 2 aromatic rings. The zero-order valence-electron chi connectivity index (χ0n) is 11.4. The van der Waals surface area contributed by atoms with Crippen LogP contribution >= 0.6 is 0 Å². The molecule has 0 unspecified atom stereocenters.